The molecule has 1 atom stereocenters. The topological polar surface area (TPSA) is 21.3 Å². The first kappa shape index (κ1) is 15.5. The number of rotatable bonds is 5. The minimum atomic E-state index is -0.211. The molecule has 0 spiro atoms. The highest BCUT2D eigenvalue weighted by atomic mass is 19.1. The maximum absolute atomic E-state index is 13.1. The Morgan fingerprint density at radius 1 is 1.10 bits per heavy atom. The van der Waals surface area contributed by atoms with Gasteiger partial charge in [0.1, 0.15) is 11.6 Å². The molecule has 21 heavy (non-hydrogen) atoms. The van der Waals surface area contributed by atoms with E-state index >= 15 is 0 Å². The van der Waals surface area contributed by atoms with Gasteiger partial charge in [-0.15, -0.1) is 0 Å². The van der Waals surface area contributed by atoms with Crippen molar-refractivity contribution in [2.75, 3.05) is 13.7 Å². The summed E-state index contributed by atoms with van der Waals surface area (Å²) >= 11 is 0. The number of ether oxygens (including phenoxy) is 1. The fourth-order valence-corrected chi connectivity index (χ4v) is 2.61. The zero-order valence-electron chi connectivity index (χ0n) is 13.0. The van der Waals surface area contributed by atoms with Gasteiger partial charge in [-0.2, -0.15) is 0 Å². The fourth-order valence-electron chi connectivity index (χ4n) is 2.61. The summed E-state index contributed by atoms with van der Waals surface area (Å²) in [6, 6.07) is 10.9. The van der Waals surface area contributed by atoms with E-state index < -0.39 is 0 Å². The molecule has 2 rings (SSSR count). The minimum absolute atomic E-state index is 0.0557. The third-order valence-electron chi connectivity index (χ3n) is 3.71. The minimum Gasteiger partial charge on any atom is -0.496 e. The average molecular weight is 287 g/mol. The van der Waals surface area contributed by atoms with Crippen molar-refractivity contribution >= 4 is 0 Å². The lowest BCUT2D eigenvalue weighted by Crippen LogP contribution is -2.23. The molecule has 0 saturated heterocycles. The van der Waals surface area contributed by atoms with Gasteiger partial charge in [-0.25, -0.2) is 4.39 Å². The lowest BCUT2D eigenvalue weighted by atomic mass is 9.93. The molecule has 0 fully saturated rings. The Balaban J connectivity index is 2.47. The maximum atomic E-state index is 13.1. The van der Waals surface area contributed by atoms with Crippen LogP contribution in [0.25, 0.3) is 0 Å². The van der Waals surface area contributed by atoms with Crippen LogP contribution < -0.4 is 10.1 Å². The van der Waals surface area contributed by atoms with Crippen LogP contribution in [-0.4, -0.2) is 13.7 Å². The monoisotopic (exact) mass is 287 g/mol. The van der Waals surface area contributed by atoms with Crippen molar-refractivity contribution in [3.05, 3.63) is 64.5 Å². The van der Waals surface area contributed by atoms with E-state index in [1.165, 1.54) is 17.7 Å². The van der Waals surface area contributed by atoms with Crippen molar-refractivity contribution in [3.63, 3.8) is 0 Å². The van der Waals surface area contributed by atoms with Crippen LogP contribution in [0.4, 0.5) is 4.39 Å². The Labute approximate surface area is 126 Å². The second-order valence-corrected chi connectivity index (χ2v) is 5.22. The average Bonchev–Trinajstić information content (AvgIpc) is 2.48. The van der Waals surface area contributed by atoms with Gasteiger partial charge in [0.2, 0.25) is 0 Å². The summed E-state index contributed by atoms with van der Waals surface area (Å²) in [6.07, 6.45) is 0. The van der Waals surface area contributed by atoms with Crippen LogP contribution in [0.15, 0.2) is 36.4 Å². The molecule has 2 aromatic rings. The van der Waals surface area contributed by atoms with Gasteiger partial charge in [-0.05, 0) is 60.8 Å². The molecular weight excluding hydrogens is 265 g/mol. The van der Waals surface area contributed by atoms with E-state index in [0.717, 1.165) is 29.0 Å². The summed E-state index contributed by atoms with van der Waals surface area (Å²) < 4.78 is 18.5. The van der Waals surface area contributed by atoms with Crippen LogP contribution in [0.3, 0.4) is 0 Å². The van der Waals surface area contributed by atoms with Crippen molar-refractivity contribution in [1.29, 1.82) is 0 Å². The van der Waals surface area contributed by atoms with Crippen molar-refractivity contribution < 1.29 is 9.13 Å². The zero-order chi connectivity index (χ0) is 15.4. The third-order valence-corrected chi connectivity index (χ3v) is 3.71. The summed E-state index contributed by atoms with van der Waals surface area (Å²) in [5.41, 5.74) is 4.52. The zero-order valence-corrected chi connectivity index (χ0v) is 13.0. The van der Waals surface area contributed by atoms with Gasteiger partial charge in [-0.1, -0.05) is 25.1 Å². The molecule has 0 aromatic heterocycles. The second-order valence-electron chi connectivity index (χ2n) is 5.22. The molecule has 112 valence electrons. The van der Waals surface area contributed by atoms with Crippen molar-refractivity contribution in [1.82, 2.24) is 5.32 Å². The molecule has 1 N–H and O–H groups in total. The van der Waals surface area contributed by atoms with Crippen LogP contribution in [0.1, 0.15) is 35.2 Å². The van der Waals surface area contributed by atoms with Gasteiger partial charge >= 0.3 is 0 Å². The number of hydrogen-bond donors (Lipinski definition) is 1. The first-order valence-corrected chi connectivity index (χ1v) is 7.20. The summed E-state index contributed by atoms with van der Waals surface area (Å²) in [4.78, 5) is 0. The molecule has 0 aliphatic rings. The molecule has 0 aliphatic carbocycles. The van der Waals surface area contributed by atoms with E-state index in [4.69, 9.17) is 4.74 Å². The van der Waals surface area contributed by atoms with Gasteiger partial charge in [0.25, 0.3) is 0 Å². The van der Waals surface area contributed by atoms with Gasteiger partial charge in [0.05, 0.1) is 13.2 Å². The van der Waals surface area contributed by atoms with Crippen LogP contribution in [0, 0.1) is 19.7 Å². The first-order valence-electron chi connectivity index (χ1n) is 7.20. The number of aryl methyl sites for hydroxylation is 2. The van der Waals surface area contributed by atoms with Crippen molar-refractivity contribution in [2.45, 2.75) is 26.8 Å². The summed E-state index contributed by atoms with van der Waals surface area (Å²) in [6.45, 7) is 7.02. The van der Waals surface area contributed by atoms with E-state index in [-0.39, 0.29) is 11.9 Å². The molecule has 1 unspecified atom stereocenters. The predicted molar refractivity (Wildman–Crippen MR) is 84.4 cm³/mol. The molecule has 0 saturated carbocycles. The number of nitrogens with one attached hydrogen (secondary N) is 1. The van der Waals surface area contributed by atoms with Crippen LogP contribution in [-0.2, 0) is 0 Å². The third kappa shape index (κ3) is 3.42. The molecule has 0 heterocycles. The second kappa shape index (κ2) is 6.72. The molecule has 0 radical (unpaired) electrons. The lowest BCUT2D eigenvalue weighted by Gasteiger charge is -2.22. The van der Waals surface area contributed by atoms with Crippen LogP contribution in [0.2, 0.25) is 0 Å². The van der Waals surface area contributed by atoms with E-state index in [2.05, 4.69) is 31.3 Å². The normalized spacial score (nSPS) is 12.2. The van der Waals surface area contributed by atoms with Gasteiger partial charge in [0.15, 0.2) is 0 Å². The highest BCUT2D eigenvalue weighted by molar-refractivity contribution is 5.45. The predicted octanol–water partition coefficient (Wildman–Crippen LogP) is 4.15. The highest BCUT2D eigenvalue weighted by Gasteiger charge is 2.17. The van der Waals surface area contributed by atoms with Gasteiger partial charge < -0.3 is 10.1 Å². The standard InChI is InChI=1S/C18H22FNO/c1-5-20-18(14-6-8-15(19)9-7-14)16-10-13(3)17(21-4)11-12(16)2/h6-11,18,20H,5H2,1-4H3. The Morgan fingerprint density at radius 3 is 2.33 bits per heavy atom. The number of methoxy groups -OCH3 is 1. The van der Waals surface area contributed by atoms with E-state index in [1.54, 1.807) is 7.11 Å². The number of hydrogen-bond acceptors (Lipinski definition) is 2. The molecule has 2 nitrogen and oxygen atoms in total. The lowest BCUT2D eigenvalue weighted by molar-refractivity contribution is 0.411. The fraction of sp³-hybridized carbons (Fsp3) is 0.333. The molecule has 2 aromatic carbocycles. The number of halogens is 1. The van der Waals surface area contributed by atoms with E-state index in [9.17, 15) is 4.39 Å². The number of benzene rings is 2. The summed E-state index contributed by atoms with van der Waals surface area (Å²) in [5, 5.41) is 3.48. The van der Waals surface area contributed by atoms with Crippen LogP contribution in [0.5, 0.6) is 5.75 Å². The SMILES string of the molecule is CCNC(c1ccc(F)cc1)c1cc(C)c(OC)cc1C. The molecular formula is C18H22FNO. The van der Waals surface area contributed by atoms with E-state index in [1.807, 2.05) is 19.1 Å². The van der Waals surface area contributed by atoms with Gasteiger partial charge in [0, 0.05) is 0 Å². The van der Waals surface area contributed by atoms with E-state index in [0.29, 0.717) is 0 Å². The largest absolute Gasteiger partial charge is 0.496 e. The van der Waals surface area contributed by atoms with Gasteiger partial charge in [-0.3, -0.25) is 0 Å². The Kier molecular flexibility index (Phi) is 4.97. The summed E-state index contributed by atoms with van der Waals surface area (Å²) in [5.74, 6) is 0.683. The van der Waals surface area contributed by atoms with Crippen LogP contribution >= 0.6 is 0 Å². The van der Waals surface area contributed by atoms with Crippen molar-refractivity contribution in [3.8, 4) is 5.75 Å². The Hall–Kier alpha value is -1.87. The quantitative estimate of drug-likeness (QED) is 0.892. The van der Waals surface area contributed by atoms with Crippen molar-refractivity contribution in [2.24, 2.45) is 0 Å². The first-order chi connectivity index (χ1) is 10.1. The molecule has 3 heteroatoms. The highest BCUT2D eigenvalue weighted by Crippen LogP contribution is 2.30. The summed E-state index contributed by atoms with van der Waals surface area (Å²) in [7, 11) is 1.68. The maximum Gasteiger partial charge on any atom is 0.123 e. The molecule has 0 aliphatic heterocycles. The molecule has 0 bridgehead atoms. The Bertz CT molecular complexity index is 607. The Morgan fingerprint density at radius 2 is 1.76 bits per heavy atom. The molecule has 0 amide bonds. The smallest absolute Gasteiger partial charge is 0.123 e.